The van der Waals surface area contributed by atoms with Crippen molar-refractivity contribution in [2.75, 3.05) is 13.6 Å². The molecule has 0 aromatic heterocycles. The Balaban J connectivity index is 3.79. The molecule has 0 aliphatic carbocycles. The smallest absolute Gasteiger partial charge is 0.0891 e. The zero-order valence-electron chi connectivity index (χ0n) is 6.81. The molecule has 0 aromatic carbocycles. The Labute approximate surface area is 62.3 Å². The zero-order valence-corrected chi connectivity index (χ0v) is 6.81. The predicted molar refractivity (Wildman–Crippen MR) is 44.1 cm³/mol. The molecule has 0 aromatic rings. The van der Waals surface area contributed by atoms with Crippen LogP contribution in [0.2, 0.25) is 0 Å². The molecule has 0 saturated carbocycles. The van der Waals surface area contributed by atoms with Gasteiger partial charge in [0, 0.05) is 6.54 Å². The molecule has 0 atom stereocenters. The molecule has 0 amide bonds. The van der Waals surface area contributed by atoms with Crippen molar-refractivity contribution in [2.45, 2.75) is 13.8 Å². The van der Waals surface area contributed by atoms with Crippen LogP contribution in [0, 0.1) is 0 Å². The van der Waals surface area contributed by atoms with Crippen LogP contribution in [0.5, 0.6) is 0 Å². The molecule has 2 N–H and O–H groups in total. The number of allylic oxidation sites excluding steroid dienone is 3. The summed E-state index contributed by atoms with van der Waals surface area (Å²) in [4.78, 5) is 0. The van der Waals surface area contributed by atoms with Crippen LogP contribution in [0.1, 0.15) is 13.8 Å². The maximum Gasteiger partial charge on any atom is 0.0891 e. The van der Waals surface area contributed by atoms with Gasteiger partial charge in [-0.2, -0.15) is 0 Å². The molecule has 0 bridgehead atoms. The Morgan fingerprint density at radius 1 is 1.40 bits per heavy atom. The third-order valence-electron chi connectivity index (χ3n) is 1.06. The van der Waals surface area contributed by atoms with Gasteiger partial charge in [-0.3, -0.25) is 0 Å². The Morgan fingerprint density at radius 3 is 2.40 bits per heavy atom. The predicted octanol–water partition coefficient (Wildman–Crippen LogP) is 1.61. The normalized spacial score (nSPS) is 13.9. The second-order valence-corrected chi connectivity index (χ2v) is 2.35. The number of aliphatic hydroxyl groups excluding tert-OH is 1. The minimum Gasteiger partial charge on any atom is -0.513 e. The van der Waals surface area contributed by atoms with Crippen LogP contribution >= 0.6 is 0 Å². The highest BCUT2D eigenvalue weighted by molar-refractivity contribution is 5.12. The Hall–Kier alpha value is -0.760. The van der Waals surface area contributed by atoms with Crippen molar-refractivity contribution in [2.24, 2.45) is 0 Å². The molecule has 0 radical (unpaired) electrons. The van der Waals surface area contributed by atoms with E-state index in [-0.39, 0.29) is 0 Å². The lowest BCUT2D eigenvalue weighted by Gasteiger charge is -1.95. The maximum absolute atomic E-state index is 8.77. The maximum atomic E-state index is 8.77. The quantitative estimate of drug-likeness (QED) is 0.462. The van der Waals surface area contributed by atoms with Crippen molar-refractivity contribution in [3.05, 3.63) is 23.5 Å². The SMILES string of the molecule is CNC/C(C)=C/C=C(/C)O. The molecule has 58 valence electrons. The van der Waals surface area contributed by atoms with Gasteiger partial charge < -0.3 is 10.4 Å². The molecular formula is C8H15NO. The molecular weight excluding hydrogens is 126 g/mol. The van der Waals surface area contributed by atoms with E-state index in [4.69, 9.17) is 5.11 Å². The Kier molecular flexibility index (Phi) is 4.67. The minimum atomic E-state index is 0.343. The van der Waals surface area contributed by atoms with Gasteiger partial charge in [-0.15, -0.1) is 0 Å². The van der Waals surface area contributed by atoms with Crippen LogP contribution < -0.4 is 5.32 Å². The summed E-state index contributed by atoms with van der Waals surface area (Å²) in [5.41, 5.74) is 1.20. The van der Waals surface area contributed by atoms with E-state index < -0.39 is 0 Å². The second kappa shape index (κ2) is 5.06. The molecule has 0 aliphatic rings. The lowest BCUT2D eigenvalue weighted by Crippen LogP contribution is -2.08. The average Bonchev–Trinajstić information content (AvgIpc) is 1.85. The molecule has 0 saturated heterocycles. The molecule has 0 spiro atoms. The number of hydrogen-bond donors (Lipinski definition) is 2. The van der Waals surface area contributed by atoms with Crippen LogP contribution in [0.4, 0.5) is 0 Å². The fourth-order valence-corrected chi connectivity index (χ4v) is 0.601. The van der Waals surface area contributed by atoms with Crippen molar-refractivity contribution in [3.63, 3.8) is 0 Å². The van der Waals surface area contributed by atoms with E-state index in [1.807, 2.05) is 20.0 Å². The van der Waals surface area contributed by atoms with Gasteiger partial charge in [-0.1, -0.05) is 11.6 Å². The topological polar surface area (TPSA) is 32.3 Å². The Bertz CT molecular complexity index is 143. The van der Waals surface area contributed by atoms with Crippen molar-refractivity contribution in [3.8, 4) is 0 Å². The van der Waals surface area contributed by atoms with Gasteiger partial charge in [0.05, 0.1) is 5.76 Å². The minimum absolute atomic E-state index is 0.343. The number of aliphatic hydroxyl groups is 1. The first-order chi connectivity index (χ1) is 4.66. The Morgan fingerprint density at radius 2 is 2.00 bits per heavy atom. The highest BCUT2D eigenvalue weighted by Gasteiger charge is 1.82. The molecule has 0 unspecified atom stereocenters. The summed E-state index contributed by atoms with van der Waals surface area (Å²) in [7, 11) is 1.90. The van der Waals surface area contributed by atoms with Crippen LogP contribution in [0.15, 0.2) is 23.5 Å². The molecule has 2 heteroatoms. The van der Waals surface area contributed by atoms with Gasteiger partial charge in [0.2, 0.25) is 0 Å². The number of likely N-dealkylation sites (N-methyl/N-ethyl adjacent to an activating group) is 1. The summed E-state index contributed by atoms with van der Waals surface area (Å²) in [6.45, 7) is 4.53. The monoisotopic (exact) mass is 141 g/mol. The fraction of sp³-hybridized carbons (Fsp3) is 0.500. The summed E-state index contributed by atoms with van der Waals surface area (Å²) in [5.74, 6) is 0.343. The summed E-state index contributed by atoms with van der Waals surface area (Å²) in [6, 6.07) is 0. The molecule has 0 aliphatic heterocycles. The molecule has 2 nitrogen and oxygen atoms in total. The molecule has 10 heavy (non-hydrogen) atoms. The van der Waals surface area contributed by atoms with Crippen molar-refractivity contribution in [1.29, 1.82) is 0 Å². The first-order valence-electron chi connectivity index (χ1n) is 3.34. The lowest BCUT2D eigenvalue weighted by molar-refractivity contribution is 0.414. The van der Waals surface area contributed by atoms with Gasteiger partial charge in [0.1, 0.15) is 0 Å². The number of rotatable bonds is 3. The zero-order chi connectivity index (χ0) is 7.98. The van der Waals surface area contributed by atoms with Gasteiger partial charge >= 0.3 is 0 Å². The van der Waals surface area contributed by atoms with Crippen molar-refractivity contribution < 1.29 is 5.11 Å². The highest BCUT2D eigenvalue weighted by atomic mass is 16.3. The van der Waals surface area contributed by atoms with E-state index in [1.165, 1.54) is 5.57 Å². The summed E-state index contributed by atoms with van der Waals surface area (Å²) < 4.78 is 0. The third-order valence-corrected chi connectivity index (χ3v) is 1.06. The van der Waals surface area contributed by atoms with Gasteiger partial charge in [-0.25, -0.2) is 0 Å². The van der Waals surface area contributed by atoms with E-state index in [0.29, 0.717) is 5.76 Å². The largest absolute Gasteiger partial charge is 0.513 e. The molecule has 0 fully saturated rings. The highest BCUT2D eigenvalue weighted by Crippen LogP contribution is 1.92. The summed E-state index contributed by atoms with van der Waals surface area (Å²) >= 11 is 0. The fourth-order valence-electron chi connectivity index (χ4n) is 0.601. The van der Waals surface area contributed by atoms with E-state index in [0.717, 1.165) is 6.54 Å². The van der Waals surface area contributed by atoms with Crippen LogP contribution in [-0.2, 0) is 0 Å². The van der Waals surface area contributed by atoms with E-state index >= 15 is 0 Å². The van der Waals surface area contributed by atoms with Gasteiger partial charge in [0.15, 0.2) is 0 Å². The van der Waals surface area contributed by atoms with Gasteiger partial charge in [-0.05, 0) is 27.0 Å². The van der Waals surface area contributed by atoms with Crippen molar-refractivity contribution in [1.82, 2.24) is 5.32 Å². The van der Waals surface area contributed by atoms with Gasteiger partial charge in [0.25, 0.3) is 0 Å². The summed E-state index contributed by atoms with van der Waals surface area (Å²) in [6.07, 6.45) is 3.58. The van der Waals surface area contributed by atoms with E-state index in [2.05, 4.69) is 5.32 Å². The first-order valence-corrected chi connectivity index (χ1v) is 3.34. The van der Waals surface area contributed by atoms with E-state index in [9.17, 15) is 0 Å². The average molecular weight is 141 g/mol. The second-order valence-electron chi connectivity index (χ2n) is 2.35. The standard InChI is InChI=1S/C8H15NO/c1-7(6-9-3)4-5-8(2)10/h4-5,9-10H,6H2,1-3H3/b7-4+,8-5-. The van der Waals surface area contributed by atoms with Crippen LogP contribution in [0.25, 0.3) is 0 Å². The lowest BCUT2D eigenvalue weighted by atomic mass is 10.2. The first kappa shape index (κ1) is 9.24. The summed E-state index contributed by atoms with van der Waals surface area (Å²) in [5, 5.41) is 11.8. The molecule has 0 rings (SSSR count). The van der Waals surface area contributed by atoms with Crippen LogP contribution in [0.3, 0.4) is 0 Å². The third kappa shape index (κ3) is 5.38. The molecule has 0 heterocycles. The van der Waals surface area contributed by atoms with Crippen LogP contribution in [-0.4, -0.2) is 18.7 Å². The number of nitrogens with one attached hydrogen (secondary N) is 1. The van der Waals surface area contributed by atoms with E-state index in [1.54, 1.807) is 13.0 Å². The number of hydrogen-bond acceptors (Lipinski definition) is 2. The van der Waals surface area contributed by atoms with Crippen molar-refractivity contribution >= 4 is 0 Å².